The summed E-state index contributed by atoms with van der Waals surface area (Å²) in [5.74, 6) is 2.55. The summed E-state index contributed by atoms with van der Waals surface area (Å²) in [5, 5.41) is 0. The highest BCUT2D eigenvalue weighted by atomic mass is 16.1. The van der Waals surface area contributed by atoms with Gasteiger partial charge >= 0.3 is 0 Å². The summed E-state index contributed by atoms with van der Waals surface area (Å²) in [4.78, 5) is 22.0. The number of aldehydes is 1. The second-order valence-electron chi connectivity index (χ2n) is 8.15. The molecule has 0 N–H and O–H groups in total. The van der Waals surface area contributed by atoms with E-state index in [1.54, 1.807) is 0 Å². The molecule has 0 radical (unpaired) electrons. The van der Waals surface area contributed by atoms with Crippen LogP contribution in [0.1, 0.15) is 60.3 Å². The van der Waals surface area contributed by atoms with Crippen LogP contribution in [0.2, 0.25) is 0 Å². The van der Waals surface area contributed by atoms with Gasteiger partial charge in [0.2, 0.25) is 0 Å². The van der Waals surface area contributed by atoms with E-state index in [0.717, 1.165) is 37.0 Å². The van der Waals surface area contributed by atoms with Crippen molar-refractivity contribution in [3.8, 4) is 0 Å². The van der Waals surface area contributed by atoms with Crippen LogP contribution in [0, 0.1) is 29.1 Å². The van der Waals surface area contributed by atoms with Crippen LogP contribution < -0.4 is 0 Å². The monoisotopic (exact) mass is 302 g/mol. The van der Waals surface area contributed by atoms with Gasteiger partial charge < -0.3 is 0 Å². The molecular weight excluding hydrogens is 272 g/mol. The maximum atomic E-state index is 11.4. The third-order valence-electron chi connectivity index (χ3n) is 6.06. The molecule has 0 saturated heterocycles. The van der Waals surface area contributed by atoms with Crippen molar-refractivity contribution in [1.82, 2.24) is 0 Å². The van der Waals surface area contributed by atoms with E-state index < -0.39 is 0 Å². The fourth-order valence-electron chi connectivity index (χ4n) is 4.14. The molecule has 3 atom stereocenters. The summed E-state index contributed by atoms with van der Waals surface area (Å²) in [6, 6.07) is 0. The number of ketones is 1. The molecule has 0 aliphatic heterocycles. The predicted octanol–water partition coefficient (Wildman–Crippen LogP) is 4.75. The van der Waals surface area contributed by atoms with Crippen molar-refractivity contribution in [1.29, 1.82) is 0 Å². The van der Waals surface area contributed by atoms with Gasteiger partial charge in [0.05, 0.1) is 0 Å². The highest BCUT2D eigenvalue weighted by Gasteiger charge is 2.50. The average molecular weight is 302 g/mol. The molecule has 22 heavy (non-hydrogen) atoms. The van der Waals surface area contributed by atoms with E-state index in [4.69, 9.17) is 0 Å². The zero-order valence-corrected chi connectivity index (χ0v) is 14.7. The van der Waals surface area contributed by atoms with Crippen molar-refractivity contribution in [2.75, 3.05) is 0 Å². The number of carbonyl (C=O) groups excluding carboxylic acids is 2. The van der Waals surface area contributed by atoms with Gasteiger partial charge in [-0.1, -0.05) is 39.3 Å². The Morgan fingerprint density at radius 3 is 2.41 bits per heavy atom. The number of carbonyl (C=O) groups is 2. The maximum Gasteiger partial charge on any atom is 0.158 e. The molecule has 0 amide bonds. The van der Waals surface area contributed by atoms with Crippen molar-refractivity contribution in [3.05, 3.63) is 23.3 Å². The fraction of sp³-hybridized carbons (Fsp3) is 0.700. The van der Waals surface area contributed by atoms with Crippen LogP contribution in [-0.2, 0) is 9.59 Å². The Balaban J connectivity index is 0.000000160. The van der Waals surface area contributed by atoms with Crippen LogP contribution in [0.15, 0.2) is 23.3 Å². The third-order valence-corrected chi connectivity index (χ3v) is 6.06. The molecule has 0 spiro atoms. The first-order chi connectivity index (χ1) is 10.3. The molecule has 4 aliphatic rings. The van der Waals surface area contributed by atoms with Gasteiger partial charge in [0.25, 0.3) is 0 Å². The van der Waals surface area contributed by atoms with Crippen molar-refractivity contribution < 1.29 is 9.59 Å². The molecule has 2 bridgehead atoms. The van der Waals surface area contributed by atoms with Gasteiger partial charge in [-0.25, -0.2) is 0 Å². The first kappa shape index (κ1) is 17.2. The lowest BCUT2D eigenvalue weighted by molar-refractivity contribution is -0.120. The molecule has 0 aromatic heterocycles. The van der Waals surface area contributed by atoms with Crippen LogP contribution >= 0.6 is 0 Å². The molecule has 0 heterocycles. The van der Waals surface area contributed by atoms with Gasteiger partial charge in [0.15, 0.2) is 5.78 Å². The standard InChI is InChI=1S/C10H14O.C10H16O/c1-10(2)8-4-3-7(6-11)9(10)5-8;1-7(2)9-5-4-8(3)6-10(9)11/h3,6,8-9H,4-5H2,1-2H3;6-7,9H,4-5H2,1-3H3. The van der Waals surface area contributed by atoms with Crippen LogP contribution in [0.5, 0.6) is 0 Å². The molecule has 2 nitrogen and oxygen atoms in total. The molecule has 3 unspecified atom stereocenters. The van der Waals surface area contributed by atoms with Crippen LogP contribution in [0.3, 0.4) is 0 Å². The summed E-state index contributed by atoms with van der Waals surface area (Å²) in [7, 11) is 0. The van der Waals surface area contributed by atoms with Crippen LogP contribution in [0.25, 0.3) is 0 Å². The molecule has 1 saturated carbocycles. The molecule has 0 aromatic rings. The average Bonchev–Trinajstić information content (AvgIpc) is 2.47. The van der Waals surface area contributed by atoms with E-state index in [1.165, 1.54) is 12.0 Å². The normalized spacial score (nSPS) is 32.3. The summed E-state index contributed by atoms with van der Waals surface area (Å²) < 4.78 is 0. The Morgan fingerprint density at radius 1 is 1.32 bits per heavy atom. The Hall–Kier alpha value is -1.18. The number of fused-ring (bicyclic) bond motifs is 1. The van der Waals surface area contributed by atoms with Crippen molar-refractivity contribution >= 4 is 12.1 Å². The predicted molar refractivity (Wildman–Crippen MR) is 90.5 cm³/mol. The van der Waals surface area contributed by atoms with Gasteiger partial charge in [-0.05, 0) is 67.4 Å². The minimum atomic E-state index is 0.290. The molecule has 4 rings (SSSR count). The van der Waals surface area contributed by atoms with Gasteiger partial charge in [-0.2, -0.15) is 0 Å². The summed E-state index contributed by atoms with van der Waals surface area (Å²) >= 11 is 0. The first-order valence-electron chi connectivity index (χ1n) is 8.63. The van der Waals surface area contributed by atoms with Crippen molar-refractivity contribution in [2.45, 2.75) is 60.3 Å². The minimum absolute atomic E-state index is 0.290. The smallest absolute Gasteiger partial charge is 0.158 e. The second-order valence-corrected chi connectivity index (χ2v) is 8.15. The van der Waals surface area contributed by atoms with E-state index in [2.05, 4.69) is 33.8 Å². The van der Waals surface area contributed by atoms with Gasteiger partial charge in [-0.3, -0.25) is 9.59 Å². The van der Waals surface area contributed by atoms with E-state index in [1.807, 2.05) is 13.0 Å². The Labute approximate surface area is 135 Å². The topological polar surface area (TPSA) is 34.1 Å². The van der Waals surface area contributed by atoms with Crippen molar-refractivity contribution in [2.24, 2.45) is 29.1 Å². The highest BCUT2D eigenvalue weighted by Crippen LogP contribution is 2.58. The van der Waals surface area contributed by atoms with Gasteiger partial charge in [-0.15, -0.1) is 0 Å². The van der Waals surface area contributed by atoms with Gasteiger partial charge in [0.1, 0.15) is 6.29 Å². The fourth-order valence-corrected chi connectivity index (χ4v) is 4.14. The van der Waals surface area contributed by atoms with E-state index in [0.29, 0.717) is 29.0 Å². The van der Waals surface area contributed by atoms with Crippen LogP contribution in [0.4, 0.5) is 0 Å². The van der Waals surface area contributed by atoms with E-state index in [9.17, 15) is 9.59 Å². The Bertz CT molecular complexity index is 508. The number of rotatable bonds is 2. The van der Waals surface area contributed by atoms with Gasteiger partial charge in [0, 0.05) is 5.92 Å². The highest BCUT2D eigenvalue weighted by molar-refractivity contribution is 5.93. The quantitative estimate of drug-likeness (QED) is 0.690. The van der Waals surface area contributed by atoms with Crippen molar-refractivity contribution in [3.63, 3.8) is 0 Å². The summed E-state index contributed by atoms with van der Waals surface area (Å²) in [5.41, 5.74) is 2.70. The molecule has 122 valence electrons. The lowest BCUT2D eigenvalue weighted by Crippen LogP contribution is -2.48. The Morgan fingerprint density at radius 2 is 2.00 bits per heavy atom. The SMILES string of the molecule is CC1(C)C2CC=C(C=O)C1C2.CC1=CC(=O)C(C(C)C)CC1. The van der Waals surface area contributed by atoms with E-state index >= 15 is 0 Å². The summed E-state index contributed by atoms with van der Waals surface area (Å²) in [6.45, 7) is 10.8. The maximum absolute atomic E-state index is 11.4. The number of allylic oxidation sites excluding steroid dienone is 4. The number of hydrogen-bond acceptors (Lipinski definition) is 2. The molecule has 0 aromatic carbocycles. The molecule has 4 aliphatic carbocycles. The first-order valence-corrected chi connectivity index (χ1v) is 8.63. The number of hydrogen-bond donors (Lipinski definition) is 0. The Kier molecular flexibility index (Phi) is 5.09. The zero-order chi connectivity index (χ0) is 16.5. The van der Waals surface area contributed by atoms with Crippen LogP contribution in [-0.4, -0.2) is 12.1 Å². The zero-order valence-electron chi connectivity index (χ0n) is 14.7. The largest absolute Gasteiger partial charge is 0.298 e. The third kappa shape index (κ3) is 3.26. The lowest BCUT2D eigenvalue weighted by atomic mass is 9.49. The molecule has 1 fully saturated rings. The summed E-state index contributed by atoms with van der Waals surface area (Å²) in [6.07, 6.45) is 9.51. The minimum Gasteiger partial charge on any atom is -0.298 e. The molecule has 2 heteroatoms. The lowest BCUT2D eigenvalue weighted by Gasteiger charge is -2.55. The molecular formula is C20H30O2. The second kappa shape index (κ2) is 6.52. The van der Waals surface area contributed by atoms with E-state index in [-0.39, 0.29) is 0 Å².